The Balaban J connectivity index is 3.36. The van der Waals surface area contributed by atoms with Crippen molar-refractivity contribution in [1.82, 2.24) is 4.57 Å². The number of hydrogen-bond acceptors (Lipinski definition) is 1. The van der Waals surface area contributed by atoms with Gasteiger partial charge >= 0.3 is 6.18 Å². The molecule has 0 aliphatic carbocycles. The van der Waals surface area contributed by atoms with Crippen LogP contribution in [0.15, 0.2) is 29.7 Å². The van der Waals surface area contributed by atoms with E-state index >= 15 is 0 Å². The lowest BCUT2D eigenvalue weighted by atomic mass is 10.2. The van der Waals surface area contributed by atoms with Gasteiger partial charge in [0.25, 0.3) is 5.56 Å². The SMILES string of the molecule is C=CCn1cc(C(F)(F)F)cc(Cl)c1=O. The summed E-state index contributed by atoms with van der Waals surface area (Å²) in [4.78, 5) is 11.3. The van der Waals surface area contributed by atoms with Crippen molar-refractivity contribution < 1.29 is 13.2 Å². The molecule has 2 nitrogen and oxygen atoms in total. The minimum absolute atomic E-state index is 0.0114. The van der Waals surface area contributed by atoms with Crippen molar-refractivity contribution in [1.29, 1.82) is 0 Å². The molecule has 1 aromatic rings. The van der Waals surface area contributed by atoms with E-state index in [2.05, 4.69) is 6.58 Å². The van der Waals surface area contributed by atoms with Gasteiger partial charge < -0.3 is 4.57 Å². The molecular weight excluding hydrogens is 231 g/mol. The highest BCUT2D eigenvalue weighted by Crippen LogP contribution is 2.29. The van der Waals surface area contributed by atoms with E-state index in [1.807, 2.05) is 0 Å². The summed E-state index contributed by atoms with van der Waals surface area (Å²) >= 11 is 5.39. The fraction of sp³-hybridized carbons (Fsp3) is 0.222. The molecule has 0 N–H and O–H groups in total. The Hall–Kier alpha value is -1.23. The molecule has 0 bridgehead atoms. The van der Waals surface area contributed by atoms with Crippen molar-refractivity contribution in [2.75, 3.05) is 0 Å². The minimum atomic E-state index is -4.51. The zero-order valence-corrected chi connectivity index (χ0v) is 8.27. The predicted octanol–water partition coefficient (Wildman–Crippen LogP) is 2.71. The van der Waals surface area contributed by atoms with Gasteiger partial charge in [0.2, 0.25) is 0 Å². The van der Waals surface area contributed by atoms with E-state index in [-0.39, 0.29) is 6.54 Å². The third kappa shape index (κ3) is 2.62. The maximum atomic E-state index is 12.3. The Morgan fingerprint density at radius 1 is 1.53 bits per heavy atom. The van der Waals surface area contributed by atoms with E-state index in [4.69, 9.17) is 11.6 Å². The molecule has 1 aromatic heterocycles. The number of halogens is 4. The van der Waals surface area contributed by atoms with Crippen LogP contribution in [0.4, 0.5) is 13.2 Å². The topological polar surface area (TPSA) is 22.0 Å². The molecule has 0 saturated carbocycles. The molecule has 1 heterocycles. The molecule has 0 atom stereocenters. The van der Waals surface area contributed by atoms with Crippen LogP contribution < -0.4 is 5.56 Å². The van der Waals surface area contributed by atoms with Crippen LogP contribution in [0.2, 0.25) is 5.02 Å². The number of nitrogens with zero attached hydrogens (tertiary/aromatic N) is 1. The zero-order valence-electron chi connectivity index (χ0n) is 7.51. The molecule has 0 fully saturated rings. The minimum Gasteiger partial charge on any atom is -0.310 e. The molecule has 0 saturated heterocycles. The second-order valence-electron chi connectivity index (χ2n) is 2.82. The van der Waals surface area contributed by atoms with Crippen molar-refractivity contribution in [2.45, 2.75) is 12.7 Å². The van der Waals surface area contributed by atoms with Gasteiger partial charge in [-0.2, -0.15) is 13.2 Å². The molecule has 0 aliphatic rings. The number of hydrogen-bond donors (Lipinski definition) is 0. The predicted molar refractivity (Wildman–Crippen MR) is 50.9 cm³/mol. The van der Waals surface area contributed by atoms with E-state index in [0.29, 0.717) is 6.07 Å². The van der Waals surface area contributed by atoms with Gasteiger partial charge in [-0.25, -0.2) is 0 Å². The van der Waals surface area contributed by atoms with Crippen LogP contribution in [0, 0.1) is 0 Å². The molecular formula is C9H7ClF3NO. The Morgan fingerprint density at radius 3 is 2.60 bits per heavy atom. The molecule has 1 rings (SSSR count). The third-order valence-electron chi connectivity index (χ3n) is 1.70. The van der Waals surface area contributed by atoms with Crippen LogP contribution in [-0.4, -0.2) is 4.57 Å². The number of rotatable bonds is 2. The first kappa shape index (κ1) is 11.8. The maximum absolute atomic E-state index is 12.3. The normalized spacial score (nSPS) is 11.5. The summed E-state index contributed by atoms with van der Waals surface area (Å²) in [5.41, 5.74) is -1.61. The highest BCUT2D eigenvalue weighted by atomic mass is 35.5. The molecule has 15 heavy (non-hydrogen) atoms. The number of alkyl halides is 3. The number of pyridine rings is 1. The average molecular weight is 238 g/mol. The Bertz CT molecular complexity index is 436. The lowest BCUT2D eigenvalue weighted by molar-refractivity contribution is -0.138. The number of aromatic nitrogens is 1. The summed E-state index contributed by atoms with van der Waals surface area (Å²) in [5.74, 6) is 0. The lowest BCUT2D eigenvalue weighted by Crippen LogP contribution is -2.22. The Morgan fingerprint density at radius 2 is 2.13 bits per heavy atom. The molecule has 0 aromatic carbocycles. The summed E-state index contributed by atoms with van der Waals surface area (Å²) in [7, 11) is 0. The van der Waals surface area contributed by atoms with Crippen LogP contribution in [0.3, 0.4) is 0 Å². The molecule has 0 radical (unpaired) electrons. The summed E-state index contributed by atoms with van der Waals surface area (Å²) in [6.07, 6.45) is -2.48. The first-order chi connectivity index (χ1) is 6.86. The fourth-order valence-corrected chi connectivity index (χ4v) is 1.26. The second-order valence-corrected chi connectivity index (χ2v) is 3.23. The first-order valence-electron chi connectivity index (χ1n) is 3.94. The molecule has 0 amide bonds. The van der Waals surface area contributed by atoms with Gasteiger partial charge in [0.15, 0.2) is 0 Å². The van der Waals surface area contributed by atoms with Crippen molar-refractivity contribution in [3.8, 4) is 0 Å². The van der Waals surface area contributed by atoms with Crippen LogP contribution >= 0.6 is 11.6 Å². The van der Waals surface area contributed by atoms with Crippen LogP contribution in [0.5, 0.6) is 0 Å². The summed E-state index contributed by atoms with van der Waals surface area (Å²) in [6.45, 7) is 3.32. The highest BCUT2D eigenvalue weighted by molar-refractivity contribution is 6.30. The van der Waals surface area contributed by atoms with E-state index in [1.54, 1.807) is 0 Å². The van der Waals surface area contributed by atoms with Crippen LogP contribution in [0.1, 0.15) is 5.56 Å². The van der Waals surface area contributed by atoms with Gasteiger partial charge in [0, 0.05) is 12.7 Å². The Kier molecular flexibility index (Phi) is 3.24. The van der Waals surface area contributed by atoms with Gasteiger partial charge in [-0.15, -0.1) is 6.58 Å². The lowest BCUT2D eigenvalue weighted by Gasteiger charge is -2.10. The standard InChI is InChI=1S/C9H7ClF3NO/c1-2-3-14-5-6(9(11,12)13)4-7(10)8(14)15/h2,4-5H,1,3H2. The van der Waals surface area contributed by atoms with Crippen molar-refractivity contribution in [2.24, 2.45) is 0 Å². The van der Waals surface area contributed by atoms with Crippen molar-refractivity contribution >= 4 is 11.6 Å². The van der Waals surface area contributed by atoms with E-state index in [9.17, 15) is 18.0 Å². The quantitative estimate of drug-likeness (QED) is 0.725. The van der Waals surface area contributed by atoms with Crippen LogP contribution in [-0.2, 0) is 12.7 Å². The van der Waals surface area contributed by atoms with Crippen LogP contribution in [0.25, 0.3) is 0 Å². The summed E-state index contributed by atoms with van der Waals surface area (Å²) < 4.78 is 37.8. The van der Waals surface area contributed by atoms with E-state index < -0.39 is 22.3 Å². The van der Waals surface area contributed by atoms with Crippen molar-refractivity contribution in [3.05, 3.63) is 45.9 Å². The molecule has 6 heteroatoms. The molecule has 0 spiro atoms. The molecule has 82 valence electrons. The summed E-state index contributed by atoms with van der Waals surface area (Å²) in [6, 6.07) is 0.615. The molecule has 0 unspecified atom stereocenters. The largest absolute Gasteiger partial charge is 0.417 e. The monoisotopic (exact) mass is 237 g/mol. The fourth-order valence-electron chi connectivity index (χ4n) is 1.03. The first-order valence-corrected chi connectivity index (χ1v) is 4.32. The second kappa shape index (κ2) is 4.10. The van der Waals surface area contributed by atoms with Gasteiger partial charge in [0.1, 0.15) is 5.02 Å². The summed E-state index contributed by atoms with van der Waals surface area (Å²) in [5, 5.41) is -0.452. The van der Waals surface area contributed by atoms with Gasteiger partial charge in [0.05, 0.1) is 5.56 Å². The highest BCUT2D eigenvalue weighted by Gasteiger charge is 2.31. The average Bonchev–Trinajstić information content (AvgIpc) is 2.11. The zero-order chi connectivity index (χ0) is 11.6. The van der Waals surface area contributed by atoms with Gasteiger partial charge in [-0.1, -0.05) is 17.7 Å². The van der Waals surface area contributed by atoms with E-state index in [1.165, 1.54) is 6.08 Å². The van der Waals surface area contributed by atoms with E-state index in [0.717, 1.165) is 10.8 Å². The van der Waals surface area contributed by atoms with Gasteiger partial charge in [-0.3, -0.25) is 4.79 Å². The number of allylic oxidation sites excluding steroid dienone is 1. The maximum Gasteiger partial charge on any atom is 0.417 e. The van der Waals surface area contributed by atoms with Gasteiger partial charge in [-0.05, 0) is 6.07 Å². The molecule has 0 aliphatic heterocycles. The van der Waals surface area contributed by atoms with Crippen molar-refractivity contribution in [3.63, 3.8) is 0 Å². The third-order valence-corrected chi connectivity index (χ3v) is 1.97. The Labute approximate surface area is 88.6 Å². The smallest absolute Gasteiger partial charge is 0.310 e.